The SMILES string of the molecule is CC.CC.CC(C)(C)NC(=O)C1(C2CCCCC2)CCN(C(=O)C(CCc2ccc(F)cc2)NC(=O)[C@@H]2CCCNC2)CC1. The highest BCUT2D eigenvalue weighted by atomic mass is 19.1. The molecule has 7 nitrogen and oxygen atoms in total. The van der Waals surface area contributed by atoms with Crippen LogP contribution in [0.15, 0.2) is 24.3 Å². The summed E-state index contributed by atoms with van der Waals surface area (Å²) in [6.07, 6.45) is 9.74. The lowest BCUT2D eigenvalue weighted by Gasteiger charge is -2.48. The zero-order valence-electron chi connectivity index (χ0n) is 28.7. The van der Waals surface area contributed by atoms with Gasteiger partial charge >= 0.3 is 0 Å². The van der Waals surface area contributed by atoms with Crippen LogP contribution < -0.4 is 16.0 Å². The summed E-state index contributed by atoms with van der Waals surface area (Å²) < 4.78 is 13.4. The molecular weight excluding hydrogens is 555 g/mol. The van der Waals surface area contributed by atoms with Crippen LogP contribution in [0.5, 0.6) is 0 Å². The Labute approximate surface area is 266 Å². The van der Waals surface area contributed by atoms with Crippen LogP contribution in [-0.2, 0) is 20.8 Å². The van der Waals surface area contributed by atoms with Crippen LogP contribution in [0.4, 0.5) is 4.39 Å². The van der Waals surface area contributed by atoms with E-state index in [1.165, 1.54) is 18.6 Å². The van der Waals surface area contributed by atoms with Gasteiger partial charge in [0.05, 0.1) is 11.3 Å². The van der Waals surface area contributed by atoms with Gasteiger partial charge in [-0.25, -0.2) is 4.39 Å². The van der Waals surface area contributed by atoms with Gasteiger partial charge in [-0.3, -0.25) is 14.4 Å². The van der Waals surface area contributed by atoms with Crippen molar-refractivity contribution in [1.82, 2.24) is 20.9 Å². The van der Waals surface area contributed by atoms with E-state index in [9.17, 15) is 18.8 Å². The fraction of sp³-hybridized carbons (Fsp3) is 0.750. The first kappa shape index (κ1) is 37.7. The fourth-order valence-electron chi connectivity index (χ4n) is 6.87. The molecule has 2 aliphatic heterocycles. The van der Waals surface area contributed by atoms with Gasteiger partial charge in [-0.05, 0) is 102 Å². The van der Waals surface area contributed by atoms with Crippen LogP contribution in [0, 0.1) is 23.1 Å². The molecule has 1 saturated carbocycles. The van der Waals surface area contributed by atoms with Crippen molar-refractivity contribution in [3.05, 3.63) is 35.6 Å². The predicted octanol–water partition coefficient (Wildman–Crippen LogP) is 6.40. The third kappa shape index (κ3) is 10.8. The third-order valence-electron chi connectivity index (χ3n) is 9.21. The molecule has 0 spiro atoms. The predicted molar refractivity (Wildman–Crippen MR) is 178 cm³/mol. The Morgan fingerprint density at radius 1 is 0.955 bits per heavy atom. The van der Waals surface area contributed by atoms with Gasteiger partial charge in [0.1, 0.15) is 11.9 Å². The van der Waals surface area contributed by atoms with Crippen LogP contribution in [-0.4, -0.2) is 60.4 Å². The van der Waals surface area contributed by atoms with E-state index in [0.717, 1.165) is 50.6 Å². The van der Waals surface area contributed by atoms with E-state index in [0.29, 0.717) is 51.2 Å². The Balaban J connectivity index is 0.00000162. The number of benzene rings is 1. The number of rotatable bonds is 8. The molecule has 44 heavy (non-hydrogen) atoms. The molecular formula is C36H61FN4O3. The second-order valence-corrected chi connectivity index (χ2v) is 13.3. The number of likely N-dealkylation sites (tertiary alicyclic amines) is 1. The topological polar surface area (TPSA) is 90.5 Å². The number of nitrogens with one attached hydrogen (secondary N) is 3. The minimum absolute atomic E-state index is 0.0762. The lowest BCUT2D eigenvalue weighted by Crippen LogP contribution is -2.59. The fourth-order valence-corrected chi connectivity index (χ4v) is 6.87. The van der Waals surface area contributed by atoms with E-state index >= 15 is 0 Å². The number of piperidine rings is 2. The monoisotopic (exact) mass is 616 g/mol. The first-order valence-electron chi connectivity index (χ1n) is 17.4. The minimum Gasteiger partial charge on any atom is -0.351 e. The molecule has 4 rings (SSSR count). The molecule has 3 amide bonds. The Bertz CT molecular complexity index is 1000. The zero-order valence-corrected chi connectivity index (χ0v) is 28.7. The Morgan fingerprint density at radius 3 is 2.11 bits per heavy atom. The van der Waals surface area contributed by atoms with Gasteiger partial charge in [-0.1, -0.05) is 59.1 Å². The maximum absolute atomic E-state index is 13.9. The van der Waals surface area contributed by atoms with Crippen LogP contribution in [0.25, 0.3) is 0 Å². The first-order valence-corrected chi connectivity index (χ1v) is 17.4. The standard InChI is InChI=1S/C32H49FN4O3.2C2H6/c1-31(2,3)36-30(40)32(25-9-5-4-6-10-25)17-20-37(21-18-32)29(39)27(16-13-23-11-14-26(33)15-12-23)35-28(38)24-8-7-19-34-22-24;2*1-2/h11-12,14-15,24-25,27,34H,4-10,13,16-22H2,1-3H3,(H,35,38)(H,36,40);2*1-2H3/t24-,27?;;/m1../s1. The quantitative estimate of drug-likeness (QED) is 0.315. The molecule has 1 aromatic carbocycles. The summed E-state index contributed by atoms with van der Waals surface area (Å²) in [6.45, 7) is 16.6. The van der Waals surface area contributed by atoms with Crippen molar-refractivity contribution in [2.75, 3.05) is 26.2 Å². The van der Waals surface area contributed by atoms with E-state index in [4.69, 9.17) is 0 Å². The summed E-state index contributed by atoms with van der Waals surface area (Å²) in [5.74, 6) is -0.120. The summed E-state index contributed by atoms with van der Waals surface area (Å²) in [5, 5.41) is 9.63. The highest BCUT2D eigenvalue weighted by molar-refractivity contribution is 5.89. The number of amides is 3. The van der Waals surface area contributed by atoms with Gasteiger partial charge in [0, 0.05) is 25.2 Å². The highest BCUT2D eigenvalue weighted by Gasteiger charge is 2.49. The second kappa shape index (κ2) is 18.5. The molecule has 1 unspecified atom stereocenters. The van der Waals surface area contributed by atoms with E-state index < -0.39 is 11.5 Å². The van der Waals surface area contributed by atoms with Gasteiger partial charge in [0.2, 0.25) is 17.7 Å². The number of aryl methyl sites for hydroxylation is 1. The number of hydrogen-bond acceptors (Lipinski definition) is 4. The van der Waals surface area contributed by atoms with Gasteiger partial charge in [-0.15, -0.1) is 0 Å². The van der Waals surface area contributed by atoms with Gasteiger partial charge in [-0.2, -0.15) is 0 Å². The normalized spacial score (nSPS) is 21.0. The van der Waals surface area contributed by atoms with Crippen molar-refractivity contribution >= 4 is 17.7 Å². The zero-order chi connectivity index (χ0) is 32.8. The van der Waals surface area contributed by atoms with Crippen molar-refractivity contribution in [1.29, 1.82) is 0 Å². The smallest absolute Gasteiger partial charge is 0.245 e. The molecule has 1 aromatic rings. The number of hydrogen-bond donors (Lipinski definition) is 3. The summed E-state index contributed by atoms with van der Waals surface area (Å²) in [4.78, 5) is 42.7. The summed E-state index contributed by atoms with van der Waals surface area (Å²) >= 11 is 0. The molecule has 3 fully saturated rings. The first-order chi connectivity index (χ1) is 21.1. The Hall–Kier alpha value is -2.48. The molecule has 8 heteroatoms. The molecule has 2 atom stereocenters. The van der Waals surface area contributed by atoms with Crippen molar-refractivity contribution in [2.45, 2.75) is 131 Å². The average molecular weight is 617 g/mol. The average Bonchev–Trinajstić information content (AvgIpc) is 3.05. The number of carbonyl (C=O) groups excluding carboxylic acids is 3. The minimum atomic E-state index is -0.648. The third-order valence-corrected chi connectivity index (χ3v) is 9.21. The van der Waals surface area contributed by atoms with Crippen molar-refractivity contribution in [3.8, 4) is 0 Å². The van der Waals surface area contributed by atoms with E-state index in [2.05, 4.69) is 16.0 Å². The maximum atomic E-state index is 13.9. The van der Waals surface area contributed by atoms with Gasteiger partial charge < -0.3 is 20.9 Å². The van der Waals surface area contributed by atoms with Crippen LogP contribution >= 0.6 is 0 Å². The van der Waals surface area contributed by atoms with Crippen LogP contribution in [0.1, 0.15) is 118 Å². The second-order valence-electron chi connectivity index (χ2n) is 13.3. The molecule has 250 valence electrons. The van der Waals surface area contributed by atoms with Gasteiger partial charge in [0.15, 0.2) is 0 Å². The number of halogens is 1. The summed E-state index contributed by atoms with van der Waals surface area (Å²) in [6, 6.07) is 5.67. The van der Waals surface area contributed by atoms with Crippen LogP contribution in [0.2, 0.25) is 0 Å². The number of carbonyl (C=O) groups is 3. The molecule has 0 aromatic heterocycles. The largest absolute Gasteiger partial charge is 0.351 e. The molecule has 1 aliphatic carbocycles. The van der Waals surface area contributed by atoms with E-state index in [1.54, 1.807) is 12.1 Å². The molecule has 0 bridgehead atoms. The van der Waals surface area contributed by atoms with Crippen molar-refractivity contribution in [2.24, 2.45) is 17.3 Å². The molecule has 0 radical (unpaired) electrons. The summed E-state index contributed by atoms with van der Waals surface area (Å²) in [7, 11) is 0. The van der Waals surface area contributed by atoms with Crippen LogP contribution in [0.3, 0.4) is 0 Å². The summed E-state index contributed by atoms with van der Waals surface area (Å²) in [5.41, 5.74) is 0.169. The Kier molecular flexibility index (Phi) is 15.8. The molecule has 2 saturated heterocycles. The lowest BCUT2D eigenvalue weighted by atomic mass is 9.63. The molecule has 3 aliphatic rings. The van der Waals surface area contributed by atoms with Crippen molar-refractivity contribution in [3.63, 3.8) is 0 Å². The molecule has 2 heterocycles. The molecule has 3 N–H and O–H groups in total. The van der Waals surface area contributed by atoms with E-state index in [-0.39, 0.29) is 35.0 Å². The maximum Gasteiger partial charge on any atom is 0.245 e. The lowest BCUT2D eigenvalue weighted by molar-refractivity contribution is -0.147. The van der Waals surface area contributed by atoms with Gasteiger partial charge in [0.25, 0.3) is 0 Å². The Morgan fingerprint density at radius 2 is 1.57 bits per heavy atom. The van der Waals surface area contributed by atoms with Crippen molar-refractivity contribution < 1.29 is 18.8 Å². The van der Waals surface area contributed by atoms with E-state index in [1.807, 2.05) is 53.4 Å². The number of nitrogens with zero attached hydrogens (tertiary/aromatic N) is 1. The highest BCUT2D eigenvalue weighted by Crippen LogP contribution is 2.46.